The molecule has 3 aromatic rings. The van der Waals surface area contributed by atoms with Crippen molar-refractivity contribution in [2.24, 2.45) is 5.14 Å². The third-order valence-corrected chi connectivity index (χ3v) is 7.22. The van der Waals surface area contributed by atoms with Gasteiger partial charge >= 0.3 is 6.01 Å². The van der Waals surface area contributed by atoms with E-state index in [9.17, 15) is 12.8 Å². The maximum Gasteiger partial charge on any atom is 0.318 e. The van der Waals surface area contributed by atoms with E-state index in [0.29, 0.717) is 6.01 Å². The Labute approximate surface area is 208 Å². The van der Waals surface area contributed by atoms with E-state index in [1.54, 1.807) is 18.6 Å². The molecule has 2 fully saturated rings. The summed E-state index contributed by atoms with van der Waals surface area (Å²) in [5.41, 5.74) is 1.00. The second kappa shape index (κ2) is 10.3. The molecule has 11 nitrogen and oxygen atoms in total. The van der Waals surface area contributed by atoms with Gasteiger partial charge in [0.1, 0.15) is 17.7 Å². The van der Waals surface area contributed by atoms with E-state index in [1.807, 2.05) is 6.07 Å². The van der Waals surface area contributed by atoms with Crippen molar-refractivity contribution in [1.82, 2.24) is 25.3 Å². The highest BCUT2D eigenvalue weighted by molar-refractivity contribution is 7.89. The van der Waals surface area contributed by atoms with Crippen LogP contribution >= 0.6 is 0 Å². The Bertz CT molecular complexity index is 1310. The molecule has 3 heterocycles. The van der Waals surface area contributed by atoms with E-state index in [2.05, 4.69) is 35.5 Å². The topological polar surface area (TPSA) is 148 Å². The minimum absolute atomic E-state index is 0.0142. The molecule has 1 aliphatic heterocycles. The summed E-state index contributed by atoms with van der Waals surface area (Å²) in [6.45, 7) is 3.80. The first-order valence-electron chi connectivity index (χ1n) is 11.7. The molecule has 0 bridgehead atoms. The predicted molar refractivity (Wildman–Crippen MR) is 131 cm³/mol. The Morgan fingerprint density at radius 2 is 1.92 bits per heavy atom. The summed E-state index contributed by atoms with van der Waals surface area (Å²) in [5.74, 6) is 0.551. The number of aromatic nitrogens is 4. The van der Waals surface area contributed by atoms with E-state index >= 15 is 0 Å². The highest BCUT2D eigenvalue weighted by Crippen LogP contribution is 2.38. The molecule has 0 unspecified atom stereocenters. The molecular formula is C23H27FN8O3S. The number of nitrogens with two attached hydrogens (primary N) is 1. The van der Waals surface area contributed by atoms with Gasteiger partial charge in [-0.05, 0) is 61.6 Å². The molecule has 2 aromatic heterocycles. The number of benzene rings is 1. The molecule has 2 aliphatic rings. The van der Waals surface area contributed by atoms with E-state index in [1.165, 1.54) is 12.1 Å². The molecule has 0 radical (unpaired) electrons. The molecule has 0 spiro atoms. The van der Waals surface area contributed by atoms with Crippen LogP contribution in [-0.4, -0.2) is 60.6 Å². The number of rotatable bonds is 7. The largest absolute Gasteiger partial charge is 0.460 e. The molecule has 0 amide bonds. The summed E-state index contributed by atoms with van der Waals surface area (Å²) in [4.78, 5) is 19.3. The Hall–Kier alpha value is -3.42. The third-order valence-electron chi connectivity index (χ3n) is 6.31. The monoisotopic (exact) mass is 514 g/mol. The first-order chi connectivity index (χ1) is 17.3. The summed E-state index contributed by atoms with van der Waals surface area (Å²) in [6.07, 6.45) is 7.79. The fourth-order valence-corrected chi connectivity index (χ4v) is 4.76. The fourth-order valence-electron chi connectivity index (χ4n) is 4.23. The molecule has 36 heavy (non-hydrogen) atoms. The van der Waals surface area contributed by atoms with Gasteiger partial charge in [-0.2, -0.15) is 4.98 Å². The van der Waals surface area contributed by atoms with Crippen LogP contribution in [0.25, 0.3) is 0 Å². The number of primary sulfonamides is 1. The van der Waals surface area contributed by atoms with Crippen molar-refractivity contribution in [3.05, 3.63) is 54.2 Å². The molecule has 1 saturated heterocycles. The highest BCUT2D eigenvalue weighted by atomic mass is 32.2. The van der Waals surface area contributed by atoms with Crippen LogP contribution < -0.4 is 25.4 Å². The molecule has 1 saturated carbocycles. The van der Waals surface area contributed by atoms with Crippen LogP contribution in [0, 0.1) is 5.82 Å². The lowest BCUT2D eigenvalue weighted by Gasteiger charge is -2.34. The van der Waals surface area contributed by atoms with Gasteiger partial charge in [0.2, 0.25) is 16.0 Å². The zero-order chi connectivity index (χ0) is 25.1. The molecule has 1 aliphatic carbocycles. The quantitative estimate of drug-likeness (QED) is 0.427. The van der Waals surface area contributed by atoms with Gasteiger partial charge in [0, 0.05) is 38.2 Å². The smallest absolute Gasteiger partial charge is 0.318 e. The van der Waals surface area contributed by atoms with Crippen LogP contribution in [-0.2, 0) is 10.0 Å². The SMILES string of the molecule is NS(=O)(=O)c1ccc(Nc2ncc(C3CC(Oc4nccc(N5CCCNCC5)n4)C3)cn2)c(F)c1. The zero-order valence-corrected chi connectivity index (χ0v) is 20.3. The number of hydrogen-bond acceptors (Lipinski definition) is 10. The highest BCUT2D eigenvalue weighted by Gasteiger charge is 2.33. The van der Waals surface area contributed by atoms with Gasteiger partial charge in [0.05, 0.1) is 10.6 Å². The number of anilines is 3. The summed E-state index contributed by atoms with van der Waals surface area (Å²) < 4.78 is 43.0. The normalized spacial score (nSPS) is 20.3. The van der Waals surface area contributed by atoms with Crippen LogP contribution in [0.5, 0.6) is 6.01 Å². The second-order valence-corrected chi connectivity index (χ2v) is 10.4. The molecule has 190 valence electrons. The first-order valence-corrected chi connectivity index (χ1v) is 13.3. The van der Waals surface area contributed by atoms with Crippen LogP contribution in [0.4, 0.5) is 21.8 Å². The summed E-state index contributed by atoms with van der Waals surface area (Å²) >= 11 is 0. The number of nitrogens with one attached hydrogen (secondary N) is 2. The van der Waals surface area contributed by atoms with Gasteiger partial charge in [0.15, 0.2) is 0 Å². The standard InChI is InChI=1S/C23H27FN8O3S/c24-19-12-18(36(25,33)34)2-3-20(19)30-22-28-13-16(14-29-22)15-10-17(11-15)35-23-27-6-4-21(31-23)32-8-1-5-26-7-9-32/h2-4,6,12-15,17,26H,1,5,7-11H2,(H2,25,33,34)(H,28,29,30). The summed E-state index contributed by atoms with van der Waals surface area (Å²) in [7, 11) is -3.98. The number of ether oxygens (including phenoxy) is 1. The average molecular weight is 515 g/mol. The molecule has 13 heteroatoms. The van der Waals surface area contributed by atoms with Crippen molar-refractivity contribution >= 4 is 27.5 Å². The average Bonchev–Trinajstić information content (AvgIpc) is 3.12. The second-order valence-electron chi connectivity index (χ2n) is 8.85. The van der Waals surface area contributed by atoms with E-state index in [-0.39, 0.29) is 28.6 Å². The Balaban J connectivity index is 1.15. The zero-order valence-electron chi connectivity index (χ0n) is 19.5. The Kier molecular flexibility index (Phi) is 6.94. The van der Waals surface area contributed by atoms with Gasteiger partial charge in [-0.3, -0.25) is 0 Å². The molecule has 1 aromatic carbocycles. The number of hydrogen-bond donors (Lipinski definition) is 3. The fraction of sp³-hybridized carbons (Fsp3) is 0.391. The molecular weight excluding hydrogens is 487 g/mol. The van der Waals surface area contributed by atoms with Crippen molar-refractivity contribution in [3.8, 4) is 6.01 Å². The number of halogens is 1. The van der Waals surface area contributed by atoms with Crippen LogP contribution in [0.15, 0.2) is 47.8 Å². The molecule has 0 atom stereocenters. The van der Waals surface area contributed by atoms with Crippen molar-refractivity contribution in [2.45, 2.75) is 36.2 Å². The van der Waals surface area contributed by atoms with Gasteiger partial charge in [0.25, 0.3) is 0 Å². The van der Waals surface area contributed by atoms with Crippen LogP contribution in [0.1, 0.15) is 30.7 Å². The molecule has 5 rings (SSSR count). The van der Waals surface area contributed by atoms with E-state index in [0.717, 1.165) is 62.9 Å². The van der Waals surface area contributed by atoms with Crippen molar-refractivity contribution in [1.29, 1.82) is 0 Å². The predicted octanol–water partition coefficient (Wildman–Crippen LogP) is 1.92. The molecule has 4 N–H and O–H groups in total. The van der Waals surface area contributed by atoms with Gasteiger partial charge < -0.3 is 20.3 Å². The number of nitrogens with zero attached hydrogens (tertiary/aromatic N) is 5. The number of sulfonamides is 1. The van der Waals surface area contributed by atoms with E-state index < -0.39 is 15.8 Å². The Morgan fingerprint density at radius 3 is 2.67 bits per heavy atom. The van der Waals surface area contributed by atoms with Gasteiger partial charge in [-0.25, -0.2) is 32.9 Å². The lowest BCUT2D eigenvalue weighted by atomic mass is 9.78. The van der Waals surface area contributed by atoms with Crippen LogP contribution in [0.3, 0.4) is 0 Å². The minimum Gasteiger partial charge on any atom is -0.460 e. The third kappa shape index (κ3) is 5.69. The lowest BCUT2D eigenvalue weighted by Crippen LogP contribution is -2.33. The maximum absolute atomic E-state index is 14.2. The van der Waals surface area contributed by atoms with Gasteiger partial charge in [-0.1, -0.05) is 0 Å². The van der Waals surface area contributed by atoms with Crippen LogP contribution in [0.2, 0.25) is 0 Å². The first kappa shape index (κ1) is 24.3. The van der Waals surface area contributed by atoms with Crippen molar-refractivity contribution in [3.63, 3.8) is 0 Å². The van der Waals surface area contributed by atoms with Gasteiger partial charge in [-0.15, -0.1) is 0 Å². The van der Waals surface area contributed by atoms with Crippen molar-refractivity contribution < 1.29 is 17.5 Å². The van der Waals surface area contributed by atoms with Crippen molar-refractivity contribution in [2.75, 3.05) is 36.4 Å². The minimum atomic E-state index is -3.98. The summed E-state index contributed by atoms with van der Waals surface area (Å²) in [6, 6.07) is 5.65. The maximum atomic E-state index is 14.2. The Morgan fingerprint density at radius 1 is 1.11 bits per heavy atom. The van der Waals surface area contributed by atoms with E-state index in [4.69, 9.17) is 9.88 Å². The summed E-state index contributed by atoms with van der Waals surface area (Å²) in [5, 5.41) is 11.2. The lowest BCUT2D eigenvalue weighted by molar-refractivity contribution is 0.0880.